The Morgan fingerprint density at radius 2 is 2.12 bits per heavy atom. The number of hydrogen-bond acceptors (Lipinski definition) is 3. The smallest absolute Gasteiger partial charge is 0.411 e. The second-order valence-corrected chi connectivity index (χ2v) is 3.72. The van der Waals surface area contributed by atoms with Crippen molar-refractivity contribution in [3.05, 3.63) is 28.2 Å². The number of halogens is 2. The number of benzene rings is 1. The zero-order valence-electron chi connectivity index (χ0n) is 8.63. The number of carbonyl (C=O) groups is 1. The van der Waals surface area contributed by atoms with Crippen molar-refractivity contribution in [1.29, 1.82) is 0 Å². The van der Waals surface area contributed by atoms with Gasteiger partial charge in [0.15, 0.2) is 0 Å². The van der Waals surface area contributed by atoms with Gasteiger partial charge in [-0.2, -0.15) is 0 Å². The van der Waals surface area contributed by atoms with Gasteiger partial charge >= 0.3 is 6.09 Å². The lowest BCUT2D eigenvalue weighted by atomic mass is 10.3. The zero-order chi connectivity index (χ0) is 12.0. The summed E-state index contributed by atoms with van der Waals surface area (Å²) < 4.78 is 9.54. The van der Waals surface area contributed by atoms with Crippen LogP contribution < -0.4 is 5.32 Å². The molecule has 4 nitrogen and oxygen atoms in total. The lowest BCUT2D eigenvalue weighted by Gasteiger charge is -2.08. The molecule has 0 bridgehead atoms. The van der Waals surface area contributed by atoms with Crippen LogP contribution in [0.2, 0.25) is 10.0 Å². The van der Waals surface area contributed by atoms with Crippen LogP contribution in [0.5, 0.6) is 0 Å². The average molecular weight is 264 g/mol. The number of carbonyl (C=O) groups excluding carboxylic acids is 1. The van der Waals surface area contributed by atoms with Crippen LogP contribution in [0.4, 0.5) is 10.5 Å². The van der Waals surface area contributed by atoms with Crippen molar-refractivity contribution in [3.63, 3.8) is 0 Å². The zero-order valence-corrected chi connectivity index (χ0v) is 10.1. The summed E-state index contributed by atoms with van der Waals surface area (Å²) in [6, 6.07) is 4.76. The molecule has 6 heteroatoms. The van der Waals surface area contributed by atoms with Crippen molar-refractivity contribution in [2.24, 2.45) is 0 Å². The van der Waals surface area contributed by atoms with E-state index in [9.17, 15) is 4.79 Å². The molecular formula is C10H11Cl2NO3. The molecule has 0 aliphatic heterocycles. The van der Waals surface area contributed by atoms with E-state index in [0.717, 1.165) is 0 Å². The van der Waals surface area contributed by atoms with E-state index in [1.54, 1.807) is 12.1 Å². The number of rotatable bonds is 4. The van der Waals surface area contributed by atoms with E-state index in [1.807, 2.05) is 0 Å². The quantitative estimate of drug-likeness (QED) is 0.849. The van der Waals surface area contributed by atoms with Gasteiger partial charge in [-0.1, -0.05) is 23.2 Å². The molecule has 1 aromatic carbocycles. The first kappa shape index (κ1) is 13.1. The molecule has 1 amide bonds. The standard InChI is InChI=1S/C10H11Cl2NO3/c1-15-4-5-16-10(14)13-9-3-2-7(11)6-8(9)12/h2-3,6H,4-5H2,1H3,(H,13,14). The third kappa shape index (κ3) is 4.26. The molecule has 1 aromatic rings. The van der Waals surface area contributed by atoms with Crippen LogP contribution >= 0.6 is 23.2 Å². The number of amides is 1. The molecule has 0 heterocycles. The van der Waals surface area contributed by atoms with Gasteiger partial charge in [0.1, 0.15) is 6.61 Å². The Kier molecular flexibility index (Phi) is 5.38. The molecule has 88 valence electrons. The highest BCUT2D eigenvalue weighted by atomic mass is 35.5. The lowest BCUT2D eigenvalue weighted by Crippen LogP contribution is -2.16. The minimum Gasteiger partial charge on any atom is -0.447 e. The van der Waals surface area contributed by atoms with Gasteiger partial charge in [0.05, 0.1) is 17.3 Å². The Morgan fingerprint density at radius 1 is 1.38 bits per heavy atom. The number of methoxy groups -OCH3 is 1. The van der Waals surface area contributed by atoms with E-state index in [2.05, 4.69) is 5.32 Å². The maximum atomic E-state index is 11.2. The summed E-state index contributed by atoms with van der Waals surface area (Å²) in [6.07, 6.45) is -0.582. The Bertz CT molecular complexity index is 371. The molecule has 0 aliphatic carbocycles. The highest BCUT2D eigenvalue weighted by molar-refractivity contribution is 6.36. The average Bonchev–Trinajstić information content (AvgIpc) is 2.23. The van der Waals surface area contributed by atoms with Crippen molar-refractivity contribution in [2.75, 3.05) is 25.6 Å². The van der Waals surface area contributed by atoms with Crippen LogP contribution in [0, 0.1) is 0 Å². The first-order chi connectivity index (χ1) is 7.63. The molecule has 0 radical (unpaired) electrons. The summed E-state index contributed by atoms with van der Waals surface area (Å²) in [5.41, 5.74) is 0.452. The predicted octanol–water partition coefficient (Wildman–Crippen LogP) is 3.19. The Hall–Kier alpha value is -0.970. The van der Waals surface area contributed by atoms with Gasteiger partial charge in [0, 0.05) is 12.1 Å². The monoisotopic (exact) mass is 263 g/mol. The number of ether oxygens (including phenoxy) is 2. The summed E-state index contributed by atoms with van der Waals surface area (Å²) in [5, 5.41) is 3.35. The third-order valence-electron chi connectivity index (χ3n) is 1.69. The molecule has 16 heavy (non-hydrogen) atoms. The number of anilines is 1. The molecule has 1 rings (SSSR count). The second kappa shape index (κ2) is 6.58. The van der Waals surface area contributed by atoms with Crippen molar-refractivity contribution in [2.45, 2.75) is 0 Å². The van der Waals surface area contributed by atoms with Gasteiger partial charge in [-0.15, -0.1) is 0 Å². The highest BCUT2D eigenvalue weighted by Crippen LogP contribution is 2.25. The third-order valence-corrected chi connectivity index (χ3v) is 2.24. The van der Waals surface area contributed by atoms with E-state index >= 15 is 0 Å². The van der Waals surface area contributed by atoms with E-state index in [-0.39, 0.29) is 6.61 Å². The lowest BCUT2D eigenvalue weighted by molar-refractivity contribution is 0.107. The van der Waals surface area contributed by atoms with Gasteiger partial charge in [-0.05, 0) is 18.2 Å². The first-order valence-electron chi connectivity index (χ1n) is 4.51. The van der Waals surface area contributed by atoms with Crippen LogP contribution in [0.1, 0.15) is 0 Å². The molecule has 0 fully saturated rings. The molecule has 0 aliphatic rings. The summed E-state index contributed by atoms with van der Waals surface area (Å²) in [6.45, 7) is 0.537. The van der Waals surface area contributed by atoms with Crippen molar-refractivity contribution < 1.29 is 14.3 Å². The van der Waals surface area contributed by atoms with E-state index in [0.29, 0.717) is 22.3 Å². The Morgan fingerprint density at radius 3 is 2.75 bits per heavy atom. The van der Waals surface area contributed by atoms with Gasteiger partial charge in [0.25, 0.3) is 0 Å². The van der Waals surface area contributed by atoms with Crippen LogP contribution in [0.25, 0.3) is 0 Å². The molecule has 0 spiro atoms. The molecular weight excluding hydrogens is 253 g/mol. The van der Waals surface area contributed by atoms with Crippen molar-refractivity contribution in [1.82, 2.24) is 0 Å². The van der Waals surface area contributed by atoms with Gasteiger partial charge < -0.3 is 9.47 Å². The predicted molar refractivity (Wildman–Crippen MR) is 63.3 cm³/mol. The minimum absolute atomic E-state index is 0.188. The molecule has 0 unspecified atom stereocenters. The molecule has 0 aromatic heterocycles. The molecule has 0 saturated heterocycles. The number of nitrogens with one attached hydrogen (secondary N) is 1. The van der Waals surface area contributed by atoms with E-state index < -0.39 is 6.09 Å². The molecule has 0 saturated carbocycles. The Labute approximate surface area is 103 Å². The SMILES string of the molecule is COCCOC(=O)Nc1ccc(Cl)cc1Cl. The second-order valence-electron chi connectivity index (χ2n) is 2.88. The molecule has 0 atom stereocenters. The normalized spacial score (nSPS) is 9.94. The van der Waals surface area contributed by atoms with Crippen LogP contribution in [0.15, 0.2) is 18.2 Å². The maximum Gasteiger partial charge on any atom is 0.411 e. The van der Waals surface area contributed by atoms with Gasteiger partial charge in [-0.25, -0.2) is 4.79 Å². The van der Waals surface area contributed by atoms with Crippen molar-refractivity contribution >= 4 is 35.0 Å². The van der Waals surface area contributed by atoms with E-state index in [4.69, 9.17) is 32.7 Å². The first-order valence-corrected chi connectivity index (χ1v) is 5.27. The highest BCUT2D eigenvalue weighted by Gasteiger charge is 2.06. The summed E-state index contributed by atoms with van der Waals surface area (Å²) >= 11 is 11.6. The minimum atomic E-state index is -0.582. The summed E-state index contributed by atoms with van der Waals surface area (Å²) in [4.78, 5) is 11.2. The fraction of sp³-hybridized carbons (Fsp3) is 0.300. The number of hydrogen-bond donors (Lipinski definition) is 1. The largest absolute Gasteiger partial charge is 0.447 e. The van der Waals surface area contributed by atoms with E-state index in [1.165, 1.54) is 13.2 Å². The summed E-state index contributed by atoms with van der Waals surface area (Å²) in [7, 11) is 1.53. The topological polar surface area (TPSA) is 47.6 Å². The summed E-state index contributed by atoms with van der Waals surface area (Å²) in [5.74, 6) is 0. The Balaban J connectivity index is 2.49. The van der Waals surface area contributed by atoms with Crippen molar-refractivity contribution in [3.8, 4) is 0 Å². The van der Waals surface area contributed by atoms with Crippen LogP contribution in [-0.4, -0.2) is 26.4 Å². The molecule has 1 N–H and O–H groups in total. The van der Waals surface area contributed by atoms with Gasteiger partial charge in [0.2, 0.25) is 0 Å². The maximum absolute atomic E-state index is 11.2. The van der Waals surface area contributed by atoms with Gasteiger partial charge in [-0.3, -0.25) is 5.32 Å². The van der Waals surface area contributed by atoms with Crippen LogP contribution in [0.3, 0.4) is 0 Å². The fourth-order valence-corrected chi connectivity index (χ4v) is 1.41. The fourth-order valence-electron chi connectivity index (χ4n) is 0.955. The van der Waals surface area contributed by atoms with Crippen LogP contribution in [-0.2, 0) is 9.47 Å².